The Labute approximate surface area is 195 Å². The van der Waals surface area contributed by atoms with E-state index in [1.165, 1.54) is 6.42 Å². The summed E-state index contributed by atoms with van der Waals surface area (Å²) in [7, 11) is 0. The number of carbonyl (C=O) groups is 2. The number of nitrogens with one attached hydrogen (secondary N) is 1. The van der Waals surface area contributed by atoms with Crippen molar-refractivity contribution in [3.8, 4) is 0 Å². The van der Waals surface area contributed by atoms with E-state index in [9.17, 15) is 9.59 Å². The number of anilines is 2. The second-order valence-corrected chi connectivity index (χ2v) is 9.39. The van der Waals surface area contributed by atoms with Gasteiger partial charge in [0, 0.05) is 49.0 Å². The summed E-state index contributed by atoms with van der Waals surface area (Å²) in [5.74, 6) is 0.989. The molecule has 0 saturated carbocycles. The molecule has 2 aliphatic rings. The van der Waals surface area contributed by atoms with Gasteiger partial charge in [0.05, 0.1) is 5.02 Å². The highest BCUT2D eigenvalue weighted by molar-refractivity contribution is 6.30. The van der Waals surface area contributed by atoms with Gasteiger partial charge >= 0.3 is 0 Å². The van der Waals surface area contributed by atoms with Gasteiger partial charge in [-0.15, -0.1) is 0 Å². The number of hydrogen-bond donors (Lipinski definition) is 1. The Kier molecular flexibility index (Phi) is 6.99. The minimum absolute atomic E-state index is 0.0338. The minimum atomic E-state index is -0.0338. The fraction of sp³-hybridized carbons (Fsp3) is 0.480. The van der Waals surface area contributed by atoms with Crippen LogP contribution in [0.5, 0.6) is 0 Å². The molecule has 2 fully saturated rings. The van der Waals surface area contributed by atoms with E-state index in [0.717, 1.165) is 62.4 Å². The molecule has 1 atom stereocenters. The predicted octanol–water partition coefficient (Wildman–Crippen LogP) is 4.91. The van der Waals surface area contributed by atoms with Gasteiger partial charge in [0.2, 0.25) is 5.91 Å². The number of pyridine rings is 1. The van der Waals surface area contributed by atoms with Crippen molar-refractivity contribution in [2.45, 2.75) is 52.0 Å². The monoisotopic (exact) mass is 454 g/mol. The molecule has 0 spiro atoms. The van der Waals surface area contributed by atoms with E-state index >= 15 is 0 Å². The maximum atomic E-state index is 12.9. The number of carbonyl (C=O) groups excluding carboxylic acids is 2. The molecular weight excluding hydrogens is 424 g/mol. The van der Waals surface area contributed by atoms with Crippen LogP contribution < -0.4 is 10.2 Å². The van der Waals surface area contributed by atoms with Gasteiger partial charge in [-0.3, -0.25) is 9.59 Å². The van der Waals surface area contributed by atoms with Gasteiger partial charge in [0.1, 0.15) is 5.82 Å². The molecule has 7 heteroatoms. The Morgan fingerprint density at radius 1 is 1.06 bits per heavy atom. The van der Waals surface area contributed by atoms with Crippen molar-refractivity contribution in [2.75, 3.05) is 29.9 Å². The second-order valence-electron chi connectivity index (χ2n) is 8.96. The molecule has 2 aliphatic heterocycles. The van der Waals surface area contributed by atoms with Crippen molar-refractivity contribution in [1.82, 2.24) is 9.88 Å². The molecule has 0 bridgehead atoms. The van der Waals surface area contributed by atoms with Gasteiger partial charge in [-0.2, -0.15) is 0 Å². The number of amides is 2. The first-order chi connectivity index (χ1) is 15.4. The average Bonchev–Trinajstić information content (AvgIpc) is 2.81. The highest BCUT2D eigenvalue weighted by Gasteiger charge is 2.27. The molecule has 1 aromatic carbocycles. The second kappa shape index (κ2) is 9.90. The Morgan fingerprint density at radius 3 is 2.50 bits per heavy atom. The number of likely N-dealkylation sites (tertiary alicyclic amines) is 1. The summed E-state index contributed by atoms with van der Waals surface area (Å²) < 4.78 is 0. The van der Waals surface area contributed by atoms with Crippen LogP contribution in [0.15, 0.2) is 36.5 Å². The maximum Gasteiger partial charge on any atom is 0.254 e. The van der Waals surface area contributed by atoms with Gasteiger partial charge < -0.3 is 15.1 Å². The minimum Gasteiger partial charge on any atom is -0.357 e. The molecule has 6 nitrogen and oxygen atoms in total. The van der Waals surface area contributed by atoms with Crippen LogP contribution in [0.4, 0.5) is 11.5 Å². The lowest BCUT2D eigenvalue weighted by molar-refractivity contribution is -0.120. The van der Waals surface area contributed by atoms with Crippen LogP contribution in [0.25, 0.3) is 0 Å². The molecule has 2 aromatic rings. The van der Waals surface area contributed by atoms with Crippen molar-refractivity contribution in [3.05, 3.63) is 52.7 Å². The average molecular weight is 455 g/mol. The van der Waals surface area contributed by atoms with Crippen molar-refractivity contribution in [2.24, 2.45) is 5.92 Å². The number of aryl methyl sites for hydroxylation is 1. The van der Waals surface area contributed by atoms with Gasteiger partial charge in [-0.25, -0.2) is 4.98 Å². The van der Waals surface area contributed by atoms with E-state index in [-0.39, 0.29) is 23.8 Å². The third-order valence-corrected chi connectivity index (χ3v) is 6.92. The van der Waals surface area contributed by atoms with E-state index in [2.05, 4.69) is 22.1 Å². The van der Waals surface area contributed by atoms with Crippen LogP contribution in [-0.4, -0.2) is 47.4 Å². The normalized spacial score (nSPS) is 19.7. The number of rotatable bonds is 4. The van der Waals surface area contributed by atoms with Crippen LogP contribution in [0.2, 0.25) is 5.02 Å². The largest absolute Gasteiger partial charge is 0.357 e. The first-order valence-corrected chi connectivity index (χ1v) is 11.9. The summed E-state index contributed by atoms with van der Waals surface area (Å²) in [5, 5.41) is 3.70. The van der Waals surface area contributed by atoms with Crippen molar-refractivity contribution in [1.29, 1.82) is 0 Å². The zero-order chi connectivity index (χ0) is 22.7. The number of hydrogen-bond acceptors (Lipinski definition) is 4. The lowest BCUT2D eigenvalue weighted by Gasteiger charge is -2.33. The molecule has 3 heterocycles. The SMILES string of the molecule is Cc1cc(C(=O)N2CCCCC2C)ccc1NC(=O)C1CCN(c2ccc(Cl)cn2)CC1. The number of piperidine rings is 2. The van der Waals surface area contributed by atoms with Gasteiger partial charge in [0.15, 0.2) is 0 Å². The molecule has 1 unspecified atom stereocenters. The van der Waals surface area contributed by atoms with Crippen LogP contribution in [0.3, 0.4) is 0 Å². The van der Waals surface area contributed by atoms with E-state index < -0.39 is 0 Å². The predicted molar refractivity (Wildman–Crippen MR) is 128 cm³/mol. The first-order valence-electron chi connectivity index (χ1n) is 11.5. The van der Waals surface area contributed by atoms with E-state index in [1.807, 2.05) is 42.2 Å². The zero-order valence-electron chi connectivity index (χ0n) is 18.8. The van der Waals surface area contributed by atoms with Crippen LogP contribution in [-0.2, 0) is 4.79 Å². The molecule has 170 valence electrons. The standard InChI is InChI=1S/C25H31ClN4O2/c1-17-15-20(25(32)30-12-4-3-5-18(30)2)6-8-22(17)28-24(31)19-10-13-29(14-11-19)23-9-7-21(26)16-27-23/h6-9,15-16,18-19H,3-5,10-14H2,1-2H3,(H,28,31). The summed E-state index contributed by atoms with van der Waals surface area (Å²) >= 11 is 5.92. The Morgan fingerprint density at radius 2 is 1.84 bits per heavy atom. The molecule has 1 N–H and O–H groups in total. The topological polar surface area (TPSA) is 65.5 Å². The molecule has 2 saturated heterocycles. The molecule has 0 radical (unpaired) electrons. The molecule has 2 amide bonds. The molecule has 1 aromatic heterocycles. The lowest BCUT2D eigenvalue weighted by Crippen LogP contribution is -2.42. The van der Waals surface area contributed by atoms with Gasteiger partial charge in [-0.1, -0.05) is 11.6 Å². The summed E-state index contributed by atoms with van der Waals surface area (Å²) in [4.78, 5) is 34.3. The Bertz CT molecular complexity index is 970. The smallest absolute Gasteiger partial charge is 0.254 e. The van der Waals surface area contributed by atoms with Gasteiger partial charge in [-0.05, 0) is 81.8 Å². The number of aromatic nitrogens is 1. The van der Waals surface area contributed by atoms with Crippen molar-refractivity contribution >= 4 is 34.9 Å². The summed E-state index contributed by atoms with van der Waals surface area (Å²) in [6, 6.07) is 9.63. The third kappa shape index (κ3) is 5.07. The fourth-order valence-corrected chi connectivity index (χ4v) is 4.78. The Balaban J connectivity index is 1.34. The van der Waals surface area contributed by atoms with Crippen molar-refractivity contribution < 1.29 is 9.59 Å². The number of halogens is 1. The van der Waals surface area contributed by atoms with Crippen LogP contribution in [0.1, 0.15) is 54.9 Å². The number of nitrogens with zero attached hydrogens (tertiary/aromatic N) is 3. The van der Waals surface area contributed by atoms with Gasteiger partial charge in [0.25, 0.3) is 5.91 Å². The highest BCUT2D eigenvalue weighted by Crippen LogP contribution is 2.26. The molecule has 32 heavy (non-hydrogen) atoms. The van der Waals surface area contributed by atoms with Crippen LogP contribution in [0, 0.1) is 12.8 Å². The maximum absolute atomic E-state index is 12.9. The first kappa shape index (κ1) is 22.6. The highest BCUT2D eigenvalue weighted by atomic mass is 35.5. The van der Waals surface area contributed by atoms with Crippen LogP contribution >= 0.6 is 11.6 Å². The number of benzene rings is 1. The zero-order valence-corrected chi connectivity index (χ0v) is 19.6. The van der Waals surface area contributed by atoms with E-state index in [0.29, 0.717) is 10.6 Å². The summed E-state index contributed by atoms with van der Waals surface area (Å²) in [6.45, 7) is 6.45. The third-order valence-electron chi connectivity index (χ3n) is 6.70. The summed E-state index contributed by atoms with van der Waals surface area (Å²) in [5.41, 5.74) is 2.38. The van der Waals surface area contributed by atoms with E-state index in [4.69, 9.17) is 11.6 Å². The van der Waals surface area contributed by atoms with E-state index in [1.54, 1.807) is 6.20 Å². The molecule has 4 rings (SSSR count). The summed E-state index contributed by atoms with van der Waals surface area (Å²) in [6.07, 6.45) is 6.52. The fourth-order valence-electron chi connectivity index (χ4n) is 4.66. The molecule has 0 aliphatic carbocycles. The quantitative estimate of drug-likeness (QED) is 0.712. The Hall–Kier alpha value is -2.60. The van der Waals surface area contributed by atoms with Crippen molar-refractivity contribution in [3.63, 3.8) is 0 Å². The molecular formula is C25H31ClN4O2. The lowest BCUT2D eigenvalue weighted by atomic mass is 9.95.